The molecule has 37 heavy (non-hydrogen) atoms. The van der Waals surface area contributed by atoms with Gasteiger partial charge in [-0.15, -0.1) is 0 Å². The quantitative estimate of drug-likeness (QED) is 0.645. The van der Waals surface area contributed by atoms with Crippen LogP contribution in [0.2, 0.25) is 0 Å². The molecule has 0 bridgehead atoms. The van der Waals surface area contributed by atoms with E-state index in [1.807, 2.05) is 62.4 Å². The number of ether oxygens (including phenoxy) is 2. The third-order valence-corrected chi connectivity index (χ3v) is 7.36. The van der Waals surface area contributed by atoms with E-state index < -0.39 is 12.2 Å². The topological polar surface area (TPSA) is 94.7 Å². The molecule has 3 aliphatic rings. The molecule has 2 unspecified atom stereocenters. The molecule has 3 heterocycles. The van der Waals surface area contributed by atoms with Crippen LogP contribution in [-0.4, -0.2) is 76.8 Å². The van der Waals surface area contributed by atoms with E-state index in [0.29, 0.717) is 24.6 Å². The van der Waals surface area contributed by atoms with Gasteiger partial charge in [0.1, 0.15) is 12.2 Å². The second kappa shape index (κ2) is 10.3. The minimum atomic E-state index is -0.650. The highest BCUT2D eigenvalue weighted by Crippen LogP contribution is 2.35. The minimum Gasteiger partial charge on any atom is -0.454 e. The third kappa shape index (κ3) is 4.81. The summed E-state index contributed by atoms with van der Waals surface area (Å²) in [5.74, 6) is 0.998. The molecule has 0 spiro atoms. The zero-order chi connectivity index (χ0) is 26.1. The molecule has 0 radical (unpaired) electrons. The Morgan fingerprint density at radius 3 is 2.59 bits per heavy atom. The van der Waals surface area contributed by atoms with Gasteiger partial charge in [0.25, 0.3) is 0 Å². The number of piperazine rings is 1. The summed E-state index contributed by atoms with van der Waals surface area (Å²) in [7, 11) is 1.73. The Bertz CT molecular complexity index is 1180. The van der Waals surface area contributed by atoms with Crippen molar-refractivity contribution in [1.29, 1.82) is 0 Å². The van der Waals surface area contributed by atoms with Crippen molar-refractivity contribution in [3.63, 3.8) is 0 Å². The van der Waals surface area contributed by atoms with Crippen molar-refractivity contribution in [3.8, 4) is 11.5 Å². The number of carbonyl (C=O) groups is 3. The minimum absolute atomic E-state index is 0.0254. The number of hydrogen-bond acceptors (Lipinski definition) is 6. The van der Waals surface area contributed by atoms with Crippen molar-refractivity contribution in [2.45, 2.75) is 45.6 Å². The van der Waals surface area contributed by atoms with Crippen LogP contribution < -0.4 is 14.8 Å². The number of rotatable bonds is 6. The average Bonchev–Trinajstić information content (AvgIpc) is 3.36. The van der Waals surface area contributed by atoms with Gasteiger partial charge < -0.3 is 24.6 Å². The molecule has 2 fully saturated rings. The maximum absolute atomic E-state index is 13.8. The molecule has 2 aromatic carbocycles. The summed E-state index contributed by atoms with van der Waals surface area (Å²) in [6.07, 6.45) is 0.105. The fraction of sp³-hybridized carbons (Fsp3) is 0.444. The van der Waals surface area contributed by atoms with Crippen molar-refractivity contribution in [1.82, 2.24) is 25.1 Å². The molecule has 3 atom stereocenters. The number of urea groups is 1. The van der Waals surface area contributed by atoms with Crippen LogP contribution in [0.25, 0.3) is 0 Å². The predicted molar refractivity (Wildman–Crippen MR) is 135 cm³/mol. The van der Waals surface area contributed by atoms with Crippen molar-refractivity contribution < 1.29 is 23.9 Å². The Hall–Kier alpha value is -3.79. The van der Waals surface area contributed by atoms with E-state index in [0.717, 1.165) is 17.5 Å². The molecule has 0 aromatic heterocycles. The maximum atomic E-state index is 13.8. The van der Waals surface area contributed by atoms with Gasteiger partial charge in [0.15, 0.2) is 11.5 Å². The summed E-state index contributed by atoms with van der Waals surface area (Å²) in [6.45, 7) is 5.09. The van der Waals surface area contributed by atoms with Crippen molar-refractivity contribution in [2.75, 3.05) is 26.9 Å². The van der Waals surface area contributed by atoms with Crippen molar-refractivity contribution in [2.24, 2.45) is 5.92 Å². The van der Waals surface area contributed by atoms with Gasteiger partial charge >= 0.3 is 6.03 Å². The monoisotopic (exact) mass is 507 g/mol. The first kappa shape index (κ1) is 24.9. The molecule has 1 N–H and O–H groups in total. The van der Waals surface area contributed by atoms with Gasteiger partial charge in [-0.2, -0.15) is 0 Å². The van der Waals surface area contributed by atoms with Gasteiger partial charge in [-0.05, 0) is 29.2 Å². The summed E-state index contributed by atoms with van der Waals surface area (Å²) < 4.78 is 10.9. The fourth-order valence-corrected chi connectivity index (χ4v) is 5.25. The Balaban J connectivity index is 1.42. The Labute approximate surface area is 216 Å². The summed E-state index contributed by atoms with van der Waals surface area (Å²) in [4.78, 5) is 43.9. The largest absolute Gasteiger partial charge is 0.454 e. The van der Waals surface area contributed by atoms with Gasteiger partial charge in [0.05, 0.1) is 13.1 Å². The van der Waals surface area contributed by atoms with Gasteiger partial charge in [-0.25, -0.2) is 14.8 Å². The standard InChI is InChI=1S/C27H33N5O5/c1-4-18(2)25-26(34)30(14-20-10-11-21-22(12-20)37-17-36-21)15-23-31(25)24(33)16-29(3)32(23)27(35)28-13-19-8-6-5-7-9-19/h5-12,18,23,25H,4,13-17H2,1-3H3,(H,28,35)/t18?,23?,25-/m0/s1. The lowest BCUT2D eigenvalue weighted by atomic mass is 9.92. The highest BCUT2D eigenvalue weighted by molar-refractivity contribution is 5.91. The number of hydrazine groups is 1. The van der Waals surface area contributed by atoms with Crippen molar-refractivity contribution >= 4 is 17.8 Å². The molecule has 10 heteroatoms. The van der Waals surface area contributed by atoms with Crippen molar-refractivity contribution in [3.05, 3.63) is 59.7 Å². The smallest absolute Gasteiger partial charge is 0.334 e. The lowest BCUT2D eigenvalue weighted by Gasteiger charge is -2.55. The zero-order valence-corrected chi connectivity index (χ0v) is 21.4. The first-order valence-electron chi connectivity index (χ1n) is 12.7. The molecule has 0 saturated carbocycles. The van der Waals surface area contributed by atoms with E-state index in [4.69, 9.17) is 9.47 Å². The van der Waals surface area contributed by atoms with Gasteiger partial charge in [-0.1, -0.05) is 56.7 Å². The molecule has 4 amide bonds. The molecule has 2 saturated heterocycles. The molecule has 5 rings (SSSR count). The normalized spacial score (nSPS) is 22.2. The van der Waals surface area contributed by atoms with Crippen LogP contribution in [-0.2, 0) is 22.7 Å². The van der Waals surface area contributed by atoms with Crippen LogP contribution in [0.1, 0.15) is 31.4 Å². The van der Waals surface area contributed by atoms with Gasteiger partial charge in [-0.3, -0.25) is 9.59 Å². The average molecular weight is 508 g/mol. The van der Waals surface area contributed by atoms with E-state index in [1.54, 1.807) is 26.9 Å². The Morgan fingerprint density at radius 1 is 1.08 bits per heavy atom. The Morgan fingerprint density at radius 2 is 1.84 bits per heavy atom. The summed E-state index contributed by atoms with van der Waals surface area (Å²) >= 11 is 0. The van der Waals surface area contributed by atoms with Gasteiger partial charge in [0, 0.05) is 20.1 Å². The molecular weight excluding hydrogens is 474 g/mol. The zero-order valence-electron chi connectivity index (χ0n) is 21.4. The highest BCUT2D eigenvalue weighted by atomic mass is 16.7. The van der Waals surface area contributed by atoms with E-state index in [2.05, 4.69) is 5.32 Å². The lowest BCUT2D eigenvalue weighted by molar-refractivity contribution is -0.190. The molecule has 0 aliphatic carbocycles. The predicted octanol–water partition coefficient (Wildman–Crippen LogP) is 2.40. The van der Waals surface area contributed by atoms with E-state index in [9.17, 15) is 14.4 Å². The van der Waals surface area contributed by atoms with Crippen LogP contribution in [0.5, 0.6) is 11.5 Å². The second-order valence-corrected chi connectivity index (χ2v) is 9.82. The lowest BCUT2D eigenvalue weighted by Crippen LogP contribution is -2.76. The van der Waals surface area contributed by atoms with Crippen LogP contribution >= 0.6 is 0 Å². The van der Waals surface area contributed by atoms with Crippen LogP contribution in [0, 0.1) is 5.92 Å². The number of fused-ring (bicyclic) bond motifs is 2. The number of amides is 4. The molecule has 196 valence electrons. The molecule has 10 nitrogen and oxygen atoms in total. The Kier molecular flexibility index (Phi) is 6.92. The number of carbonyl (C=O) groups excluding carboxylic acids is 3. The summed E-state index contributed by atoms with van der Waals surface area (Å²) in [5, 5.41) is 6.21. The number of benzene rings is 2. The van der Waals surface area contributed by atoms with Crippen LogP contribution in [0.15, 0.2) is 48.5 Å². The van der Waals surface area contributed by atoms with Crippen LogP contribution in [0.4, 0.5) is 4.79 Å². The third-order valence-electron chi connectivity index (χ3n) is 7.36. The maximum Gasteiger partial charge on any atom is 0.334 e. The molecule has 3 aliphatic heterocycles. The van der Waals surface area contributed by atoms with E-state index in [-0.39, 0.29) is 43.6 Å². The molecular formula is C27H33N5O5. The van der Waals surface area contributed by atoms with Crippen LogP contribution in [0.3, 0.4) is 0 Å². The first-order valence-corrected chi connectivity index (χ1v) is 12.7. The number of nitrogens with zero attached hydrogens (tertiary/aromatic N) is 4. The SMILES string of the molecule is CCC(C)[C@H]1C(=O)N(Cc2ccc3c(c2)OCO3)CC2N1C(=O)CN(C)N2C(=O)NCc1ccccc1. The van der Waals surface area contributed by atoms with E-state index >= 15 is 0 Å². The second-order valence-electron chi connectivity index (χ2n) is 9.82. The first-order chi connectivity index (χ1) is 17.9. The van der Waals surface area contributed by atoms with E-state index in [1.165, 1.54) is 0 Å². The number of likely N-dealkylation sites (N-methyl/N-ethyl adjacent to an activating group) is 1. The number of nitrogens with one attached hydrogen (secondary N) is 1. The summed E-state index contributed by atoms with van der Waals surface area (Å²) in [6, 6.07) is 14.3. The summed E-state index contributed by atoms with van der Waals surface area (Å²) in [5.41, 5.74) is 1.87. The fourth-order valence-electron chi connectivity index (χ4n) is 5.25. The molecule has 2 aromatic rings. The number of hydrogen-bond donors (Lipinski definition) is 1. The highest BCUT2D eigenvalue weighted by Gasteiger charge is 2.51. The van der Waals surface area contributed by atoms with Gasteiger partial charge in [0.2, 0.25) is 18.6 Å².